The summed E-state index contributed by atoms with van der Waals surface area (Å²) in [6.45, 7) is 1.62. The number of benzene rings is 1. The number of sulfonamides is 1. The van der Waals surface area contributed by atoms with Gasteiger partial charge in [-0.1, -0.05) is 0 Å². The van der Waals surface area contributed by atoms with Crippen molar-refractivity contribution < 1.29 is 17.6 Å². The van der Waals surface area contributed by atoms with Crippen LogP contribution in [0, 0.1) is 5.82 Å². The third kappa shape index (κ3) is 3.89. The number of hydrogen-bond acceptors (Lipinski definition) is 4. The van der Waals surface area contributed by atoms with Crippen LogP contribution in [0.25, 0.3) is 22.0 Å². The number of hydrogen-bond donors (Lipinski definition) is 3. The zero-order chi connectivity index (χ0) is 18.7. The van der Waals surface area contributed by atoms with Crippen molar-refractivity contribution in [2.24, 2.45) is 0 Å². The number of nitrogens with one attached hydrogen (secondary N) is 3. The lowest BCUT2D eigenvalue weighted by Crippen LogP contribution is -2.33. The molecule has 0 radical (unpaired) electrons. The van der Waals surface area contributed by atoms with Gasteiger partial charge in [0.25, 0.3) is 10.0 Å². The molecule has 3 N–H and O–H groups in total. The van der Waals surface area contributed by atoms with Gasteiger partial charge in [0.15, 0.2) is 5.03 Å². The zero-order valence-corrected chi connectivity index (χ0v) is 14.7. The Balaban J connectivity index is 1.78. The predicted octanol–water partition coefficient (Wildman–Crippen LogP) is 1.78. The first-order valence-electron chi connectivity index (χ1n) is 7.84. The van der Waals surface area contributed by atoms with Crippen LogP contribution in [0.4, 0.5) is 4.39 Å². The Bertz CT molecular complexity index is 1050. The van der Waals surface area contributed by atoms with Crippen LogP contribution >= 0.6 is 0 Å². The lowest BCUT2D eigenvalue weighted by atomic mass is 10.1. The zero-order valence-electron chi connectivity index (χ0n) is 13.9. The van der Waals surface area contributed by atoms with Gasteiger partial charge in [-0.3, -0.25) is 4.79 Å². The number of amides is 1. The van der Waals surface area contributed by atoms with Crippen molar-refractivity contribution in [1.82, 2.24) is 20.0 Å². The van der Waals surface area contributed by atoms with Crippen molar-refractivity contribution in [2.45, 2.75) is 11.9 Å². The van der Waals surface area contributed by atoms with E-state index in [1.807, 2.05) is 0 Å². The highest BCUT2D eigenvalue weighted by Crippen LogP contribution is 2.28. The molecule has 0 aliphatic rings. The SMILES string of the molecule is CC(=O)NCCNS(=O)(=O)c1ccc(-c2c[nH]c3cc(F)ccc23)cn1. The van der Waals surface area contributed by atoms with Crippen LogP contribution in [0.5, 0.6) is 0 Å². The van der Waals surface area contributed by atoms with E-state index in [9.17, 15) is 17.6 Å². The number of aromatic amines is 1. The molecule has 0 spiro atoms. The molecule has 1 amide bonds. The van der Waals surface area contributed by atoms with Crippen LogP contribution < -0.4 is 10.0 Å². The number of fused-ring (bicyclic) bond motifs is 1. The highest BCUT2D eigenvalue weighted by molar-refractivity contribution is 7.89. The smallest absolute Gasteiger partial charge is 0.258 e. The van der Waals surface area contributed by atoms with E-state index in [2.05, 4.69) is 20.0 Å². The van der Waals surface area contributed by atoms with Crippen molar-refractivity contribution in [2.75, 3.05) is 13.1 Å². The summed E-state index contributed by atoms with van der Waals surface area (Å²) in [6.07, 6.45) is 3.18. The van der Waals surface area contributed by atoms with Crippen molar-refractivity contribution in [1.29, 1.82) is 0 Å². The number of rotatable bonds is 6. The third-order valence-electron chi connectivity index (χ3n) is 3.76. The first-order chi connectivity index (χ1) is 12.4. The average molecular weight is 376 g/mol. The Labute approximate surface area is 149 Å². The maximum atomic E-state index is 13.3. The molecule has 9 heteroatoms. The fraction of sp³-hybridized carbons (Fsp3) is 0.176. The maximum Gasteiger partial charge on any atom is 0.258 e. The molecule has 0 unspecified atom stereocenters. The Morgan fingerprint density at radius 2 is 2.04 bits per heavy atom. The quantitative estimate of drug-likeness (QED) is 0.571. The highest BCUT2D eigenvalue weighted by Gasteiger charge is 2.16. The number of aromatic nitrogens is 2. The standard InChI is InChI=1S/C17H17FN4O3S/c1-11(23)19-6-7-22-26(24,25)17-5-2-12(9-21-17)15-10-20-16-8-13(18)3-4-14(15)16/h2-5,8-10,20,22H,6-7H2,1H3,(H,19,23). The van der Waals surface area contributed by atoms with Gasteiger partial charge in [-0.2, -0.15) is 0 Å². The van der Waals surface area contributed by atoms with E-state index in [4.69, 9.17) is 0 Å². The van der Waals surface area contributed by atoms with Crippen LogP contribution in [-0.4, -0.2) is 37.4 Å². The molecule has 136 valence electrons. The number of carbonyl (C=O) groups excluding carboxylic acids is 1. The fourth-order valence-corrected chi connectivity index (χ4v) is 3.49. The minimum Gasteiger partial charge on any atom is -0.360 e. The van der Waals surface area contributed by atoms with Crippen molar-refractivity contribution in [3.63, 3.8) is 0 Å². The average Bonchev–Trinajstić information content (AvgIpc) is 3.01. The second-order valence-corrected chi connectivity index (χ2v) is 7.37. The summed E-state index contributed by atoms with van der Waals surface area (Å²) < 4.78 is 40.0. The van der Waals surface area contributed by atoms with Crippen LogP contribution in [0.1, 0.15) is 6.92 Å². The molecule has 2 heterocycles. The largest absolute Gasteiger partial charge is 0.360 e. The minimum atomic E-state index is -3.76. The summed E-state index contributed by atoms with van der Waals surface area (Å²) in [5.74, 6) is -0.568. The maximum absolute atomic E-state index is 13.3. The van der Waals surface area contributed by atoms with Gasteiger partial charge in [0.05, 0.1) is 0 Å². The monoisotopic (exact) mass is 376 g/mol. The molecule has 0 aliphatic heterocycles. The lowest BCUT2D eigenvalue weighted by Gasteiger charge is -2.07. The van der Waals surface area contributed by atoms with E-state index < -0.39 is 10.0 Å². The van der Waals surface area contributed by atoms with E-state index >= 15 is 0 Å². The summed E-state index contributed by atoms with van der Waals surface area (Å²) >= 11 is 0. The topological polar surface area (TPSA) is 104 Å². The number of carbonyl (C=O) groups is 1. The summed E-state index contributed by atoms with van der Waals surface area (Å²) in [6, 6.07) is 7.46. The molecule has 0 atom stereocenters. The van der Waals surface area contributed by atoms with E-state index in [0.717, 1.165) is 10.9 Å². The van der Waals surface area contributed by atoms with E-state index in [1.54, 1.807) is 18.3 Å². The Kier molecular flexibility index (Phi) is 5.01. The molecule has 2 aromatic heterocycles. The first-order valence-corrected chi connectivity index (χ1v) is 9.32. The molecule has 0 saturated heterocycles. The van der Waals surface area contributed by atoms with Gasteiger partial charge in [0.1, 0.15) is 5.82 Å². The Morgan fingerprint density at radius 3 is 2.73 bits per heavy atom. The van der Waals surface area contributed by atoms with Gasteiger partial charge >= 0.3 is 0 Å². The molecule has 3 aromatic rings. The van der Waals surface area contributed by atoms with Crippen LogP contribution in [-0.2, 0) is 14.8 Å². The first kappa shape index (κ1) is 18.0. The number of halogens is 1. The second kappa shape index (κ2) is 7.22. The Hall–Kier alpha value is -2.78. The molecule has 26 heavy (non-hydrogen) atoms. The summed E-state index contributed by atoms with van der Waals surface area (Å²) in [7, 11) is -3.76. The van der Waals surface area contributed by atoms with Crippen molar-refractivity contribution >= 4 is 26.8 Å². The molecule has 0 aliphatic carbocycles. The van der Waals surface area contributed by atoms with Crippen LogP contribution in [0.2, 0.25) is 0 Å². The second-order valence-electron chi connectivity index (χ2n) is 5.66. The van der Waals surface area contributed by atoms with Crippen LogP contribution in [0.15, 0.2) is 47.8 Å². The van der Waals surface area contributed by atoms with E-state index in [0.29, 0.717) is 11.1 Å². The summed E-state index contributed by atoms with van der Waals surface area (Å²) in [4.78, 5) is 17.8. The third-order valence-corrected chi connectivity index (χ3v) is 5.13. The van der Waals surface area contributed by atoms with Gasteiger partial charge in [0, 0.05) is 54.4 Å². The molecule has 1 aromatic carbocycles. The molecular formula is C17H17FN4O3S. The molecule has 3 rings (SSSR count). The predicted molar refractivity (Wildman–Crippen MR) is 95.4 cm³/mol. The van der Waals surface area contributed by atoms with Gasteiger partial charge in [-0.25, -0.2) is 22.5 Å². The van der Waals surface area contributed by atoms with Gasteiger partial charge in [-0.15, -0.1) is 0 Å². The molecule has 7 nitrogen and oxygen atoms in total. The van der Waals surface area contributed by atoms with E-state index in [-0.39, 0.29) is 29.8 Å². The lowest BCUT2D eigenvalue weighted by molar-refractivity contribution is -0.118. The van der Waals surface area contributed by atoms with Crippen molar-refractivity contribution in [3.8, 4) is 11.1 Å². The van der Waals surface area contributed by atoms with Gasteiger partial charge in [-0.05, 0) is 30.3 Å². The fourth-order valence-electron chi connectivity index (χ4n) is 2.53. The highest BCUT2D eigenvalue weighted by atomic mass is 32.2. The normalized spacial score (nSPS) is 11.6. The molecule has 0 bridgehead atoms. The Morgan fingerprint density at radius 1 is 1.23 bits per heavy atom. The van der Waals surface area contributed by atoms with Gasteiger partial charge < -0.3 is 10.3 Å². The van der Waals surface area contributed by atoms with Crippen LogP contribution in [0.3, 0.4) is 0 Å². The number of H-pyrrole nitrogens is 1. The molecular weight excluding hydrogens is 359 g/mol. The summed E-state index contributed by atoms with van der Waals surface area (Å²) in [5, 5.41) is 3.20. The van der Waals surface area contributed by atoms with E-state index in [1.165, 1.54) is 31.3 Å². The van der Waals surface area contributed by atoms with Crippen molar-refractivity contribution in [3.05, 3.63) is 48.5 Å². The van der Waals surface area contributed by atoms with Gasteiger partial charge in [0.2, 0.25) is 5.91 Å². The molecule has 0 fully saturated rings. The number of nitrogens with zero attached hydrogens (tertiary/aromatic N) is 1. The molecule has 0 saturated carbocycles. The summed E-state index contributed by atoms with van der Waals surface area (Å²) in [5.41, 5.74) is 2.16. The number of pyridine rings is 1. The minimum absolute atomic E-state index is 0.0688.